The van der Waals surface area contributed by atoms with Gasteiger partial charge in [0.2, 0.25) is 11.8 Å². The molecule has 0 aliphatic heterocycles. The van der Waals surface area contributed by atoms with E-state index in [1.807, 2.05) is 62.4 Å². The van der Waals surface area contributed by atoms with Crippen molar-refractivity contribution in [3.63, 3.8) is 0 Å². The van der Waals surface area contributed by atoms with Crippen LogP contribution in [0.5, 0.6) is 11.5 Å². The Hall–Kier alpha value is -3.02. The molecular formula is C22H28N2O4. The molecule has 0 aliphatic rings. The fourth-order valence-corrected chi connectivity index (χ4v) is 2.79. The normalized spacial score (nSPS) is 10.5. The largest absolute Gasteiger partial charge is 0.496 e. The number of para-hydroxylation sites is 1. The molecule has 0 aliphatic carbocycles. The SMILES string of the molecule is COc1ccccc1CNC(=O)CCN(C(C)=O)c1ccc(OC(C)C)cc1. The van der Waals surface area contributed by atoms with Gasteiger partial charge in [-0.15, -0.1) is 0 Å². The van der Waals surface area contributed by atoms with Crippen LogP contribution in [-0.4, -0.2) is 31.6 Å². The Labute approximate surface area is 166 Å². The summed E-state index contributed by atoms with van der Waals surface area (Å²) in [5, 5.41) is 2.87. The van der Waals surface area contributed by atoms with Crippen LogP contribution < -0.4 is 19.7 Å². The van der Waals surface area contributed by atoms with E-state index in [1.54, 1.807) is 12.0 Å². The third kappa shape index (κ3) is 6.30. The number of hydrogen-bond acceptors (Lipinski definition) is 4. The molecular weight excluding hydrogens is 356 g/mol. The molecule has 2 rings (SSSR count). The van der Waals surface area contributed by atoms with E-state index in [0.717, 1.165) is 22.7 Å². The van der Waals surface area contributed by atoms with Gasteiger partial charge in [-0.2, -0.15) is 0 Å². The molecule has 0 saturated heterocycles. The molecule has 0 atom stereocenters. The van der Waals surface area contributed by atoms with E-state index in [9.17, 15) is 9.59 Å². The van der Waals surface area contributed by atoms with Crippen LogP contribution in [0.3, 0.4) is 0 Å². The maximum absolute atomic E-state index is 12.2. The molecule has 2 aromatic rings. The maximum atomic E-state index is 12.2. The van der Waals surface area contributed by atoms with Gasteiger partial charge in [-0.3, -0.25) is 9.59 Å². The van der Waals surface area contributed by atoms with Gasteiger partial charge < -0.3 is 19.7 Å². The minimum atomic E-state index is -0.128. The summed E-state index contributed by atoms with van der Waals surface area (Å²) < 4.78 is 10.9. The summed E-state index contributed by atoms with van der Waals surface area (Å²) in [5.74, 6) is 1.24. The Morgan fingerprint density at radius 1 is 1.07 bits per heavy atom. The van der Waals surface area contributed by atoms with Crippen molar-refractivity contribution in [1.82, 2.24) is 5.32 Å². The van der Waals surface area contributed by atoms with Crippen molar-refractivity contribution < 1.29 is 19.1 Å². The number of amides is 2. The number of nitrogens with zero attached hydrogens (tertiary/aromatic N) is 1. The molecule has 0 fully saturated rings. The van der Waals surface area contributed by atoms with E-state index < -0.39 is 0 Å². The van der Waals surface area contributed by atoms with Crippen molar-refractivity contribution in [2.75, 3.05) is 18.6 Å². The van der Waals surface area contributed by atoms with E-state index in [0.29, 0.717) is 13.1 Å². The first-order chi connectivity index (χ1) is 13.4. The van der Waals surface area contributed by atoms with E-state index in [2.05, 4.69) is 5.32 Å². The molecule has 2 amide bonds. The summed E-state index contributed by atoms with van der Waals surface area (Å²) in [6.07, 6.45) is 0.292. The number of methoxy groups -OCH3 is 1. The van der Waals surface area contributed by atoms with Crippen LogP contribution in [0.25, 0.3) is 0 Å². The lowest BCUT2D eigenvalue weighted by atomic mass is 10.2. The fraction of sp³-hybridized carbons (Fsp3) is 0.364. The molecule has 2 aromatic carbocycles. The van der Waals surface area contributed by atoms with Gasteiger partial charge in [0, 0.05) is 37.7 Å². The average molecular weight is 384 g/mol. The highest BCUT2D eigenvalue weighted by atomic mass is 16.5. The summed E-state index contributed by atoms with van der Waals surface area (Å²) in [6, 6.07) is 14.8. The number of carbonyl (C=O) groups is 2. The third-order valence-corrected chi connectivity index (χ3v) is 4.13. The summed E-state index contributed by atoms with van der Waals surface area (Å²) >= 11 is 0. The van der Waals surface area contributed by atoms with Gasteiger partial charge in [-0.1, -0.05) is 18.2 Å². The first-order valence-corrected chi connectivity index (χ1v) is 9.34. The van der Waals surface area contributed by atoms with Gasteiger partial charge in [0.1, 0.15) is 11.5 Å². The lowest BCUT2D eigenvalue weighted by Crippen LogP contribution is -2.33. The first-order valence-electron chi connectivity index (χ1n) is 9.34. The molecule has 0 heterocycles. The number of carbonyl (C=O) groups excluding carboxylic acids is 2. The highest BCUT2D eigenvalue weighted by Crippen LogP contribution is 2.21. The number of rotatable bonds is 9. The second-order valence-electron chi connectivity index (χ2n) is 6.67. The smallest absolute Gasteiger partial charge is 0.223 e. The second-order valence-corrected chi connectivity index (χ2v) is 6.67. The molecule has 0 aromatic heterocycles. The topological polar surface area (TPSA) is 67.9 Å². The first kappa shape index (κ1) is 21.3. The van der Waals surface area contributed by atoms with Gasteiger partial charge in [-0.25, -0.2) is 0 Å². The highest BCUT2D eigenvalue weighted by Gasteiger charge is 2.14. The van der Waals surface area contributed by atoms with Gasteiger partial charge in [0.05, 0.1) is 13.2 Å². The monoisotopic (exact) mass is 384 g/mol. The molecule has 0 spiro atoms. The van der Waals surface area contributed by atoms with Gasteiger partial charge in [-0.05, 0) is 44.2 Å². The van der Waals surface area contributed by atoms with Crippen molar-refractivity contribution in [3.8, 4) is 11.5 Å². The van der Waals surface area contributed by atoms with Crippen LogP contribution in [-0.2, 0) is 16.1 Å². The number of anilines is 1. The summed E-state index contributed by atoms with van der Waals surface area (Å²) in [6.45, 7) is 6.09. The Morgan fingerprint density at radius 2 is 1.75 bits per heavy atom. The molecule has 1 N–H and O–H groups in total. The van der Waals surface area contributed by atoms with Crippen molar-refractivity contribution in [2.24, 2.45) is 0 Å². The van der Waals surface area contributed by atoms with Crippen molar-refractivity contribution >= 4 is 17.5 Å². The average Bonchev–Trinajstić information content (AvgIpc) is 2.67. The number of nitrogens with one attached hydrogen (secondary N) is 1. The predicted octanol–water partition coefficient (Wildman–Crippen LogP) is 3.54. The van der Waals surface area contributed by atoms with Gasteiger partial charge >= 0.3 is 0 Å². The molecule has 0 radical (unpaired) electrons. The number of hydrogen-bond donors (Lipinski definition) is 1. The third-order valence-electron chi connectivity index (χ3n) is 4.13. The van der Waals surface area contributed by atoms with Gasteiger partial charge in [0.25, 0.3) is 0 Å². The predicted molar refractivity (Wildman–Crippen MR) is 110 cm³/mol. The van der Waals surface area contributed by atoms with Crippen LogP contribution in [0.1, 0.15) is 32.8 Å². The summed E-state index contributed by atoms with van der Waals surface area (Å²) in [5.41, 5.74) is 1.64. The van der Waals surface area contributed by atoms with E-state index in [-0.39, 0.29) is 24.3 Å². The van der Waals surface area contributed by atoms with E-state index >= 15 is 0 Å². The van der Waals surface area contributed by atoms with Crippen LogP contribution in [0.2, 0.25) is 0 Å². The minimum Gasteiger partial charge on any atom is -0.496 e. The Balaban J connectivity index is 1.92. The Kier molecular flexibility index (Phi) is 7.87. The lowest BCUT2D eigenvalue weighted by Gasteiger charge is -2.21. The Morgan fingerprint density at radius 3 is 2.36 bits per heavy atom. The zero-order valence-electron chi connectivity index (χ0n) is 16.9. The number of benzene rings is 2. The summed E-state index contributed by atoms with van der Waals surface area (Å²) in [7, 11) is 1.60. The second kappa shape index (κ2) is 10.3. The van der Waals surface area contributed by atoms with Crippen molar-refractivity contribution in [2.45, 2.75) is 39.8 Å². The zero-order valence-corrected chi connectivity index (χ0v) is 16.9. The van der Waals surface area contributed by atoms with Crippen molar-refractivity contribution in [1.29, 1.82) is 0 Å². The van der Waals surface area contributed by atoms with E-state index in [1.165, 1.54) is 6.92 Å². The molecule has 150 valence electrons. The highest BCUT2D eigenvalue weighted by molar-refractivity contribution is 5.92. The minimum absolute atomic E-state index is 0.0849. The van der Waals surface area contributed by atoms with Crippen molar-refractivity contribution in [3.05, 3.63) is 54.1 Å². The maximum Gasteiger partial charge on any atom is 0.223 e. The molecule has 28 heavy (non-hydrogen) atoms. The van der Waals surface area contributed by atoms with Crippen LogP contribution in [0, 0.1) is 0 Å². The fourth-order valence-electron chi connectivity index (χ4n) is 2.79. The molecule has 6 nitrogen and oxygen atoms in total. The van der Waals surface area contributed by atoms with Crippen LogP contribution in [0.15, 0.2) is 48.5 Å². The quantitative estimate of drug-likeness (QED) is 0.718. The zero-order chi connectivity index (χ0) is 20.5. The molecule has 0 saturated carbocycles. The lowest BCUT2D eigenvalue weighted by molar-refractivity contribution is -0.121. The van der Waals surface area contributed by atoms with E-state index in [4.69, 9.17) is 9.47 Å². The molecule has 0 bridgehead atoms. The molecule has 0 unspecified atom stereocenters. The Bertz CT molecular complexity index is 787. The van der Waals surface area contributed by atoms with Crippen LogP contribution >= 0.6 is 0 Å². The van der Waals surface area contributed by atoms with Gasteiger partial charge in [0.15, 0.2) is 0 Å². The summed E-state index contributed by atoms with van der Waals surface area (Å²) in [4.78, 5) is 25.9. The standard InChI is InChI=1S/C22H28N2O4/c1-16(2)28-20-11-9-19(10-12-20)24(17(3)25)14-13-22(26)23-15-18-7-5-6-8-21(18)27-4/h5-12,16H,13-15H2,1-4H3,(H,23,26). The number of ether oxygens (including phenoxy) is 2. The molecule has 6 heteroatoms. The van der Waals surface area contributed by atoms with Crippen LogP contribution in [0.4, 0.5) is 5.69 Å².